The molecule has 5 rings (SSSR count). The predicted molar refractivity (Wildman–Crippen MR) is 116 cm³/mol. The molecular formula is C24H21F2N5O. The second-order valence-electron chi connectivity index (χ2n) is 7.82. The number of anilines is 1. The minimum absolute atomic E-state index is 0.0231. The van der Waals surface area contributed by atoms with Crippen molar-refractivity contribution in [3.05, 3.63) is 95.3 Å². The van der Waals surface area contributed by atoms with E-state index in [2.05, 4.69) is 20.3 Å². The first kappa shape index (κ1) is 20.1. The Morgan fingerprint density at radius 1 is 1.06 bits per heavy atom. The number of imidazole rings is 1. The van der Waals surface area contributed by atoms with E-state index in [1.54, 1.807) is 24.3 Å². The molecule has 4 aromatic rings. The Labute approximate surface area is 183 Å². The number of nitrogens with zero attached hydrogens (tertiary/aromatic N) is 4. The maximum Gasteiger partial charge on any atom is 0.271 e. The first-order chi connectivity index (χ1) is 15.6. The van der Waals surface area contributed by atoms with Crippen LogP contribution >= 0.6 is 0 Å². The van der Waals surface area contributed by atoms with Crippen molar-refractivity contribution >= 4 is 17.4 Å². The topological polar surface area (TPSA) is 62.5 Å². The summed E-state index contributed by atoms with van der Waals surface area (Å²) in [5.74, 6) is -0.200. The first-order valence-corrected chi connectivity index (χ1v) is 10.5. The molecule has 1 amide bonds. The summed E-state index contributed by atoms with van der Waals surface area (Å²) in [5.41, 5.74) is 2.57. The molecule has 1 saturated heterocycles. The van der Waals surface area contributed by atoms with E-state index in [0.29, 0.717) is 17.2 Å². The van der Waals surface area contributed by atoms with Gasteiger partial charge in [0.15, 0.2) is 11.3 Å². The highest BCUT2D eigenvalue weighted by Gasteiger charge is 2.28. The first-order valence-electron chi connectivity index (χ1n) is 10.5. The second-order valence-corrected chi connectivity index (χ2v) is 7.82. The Hall–Kier alpha value is -3.81. The summed E-state index contributed by atoms with van der Waals surface area (Å²) < 4.78 is 28.4. The summed E-state index contributed by atoms with van der Waals surface area (Å²) >= 11 is 0. The summed E-state index contributed by atoms with van der Waals surface area (Å²) in [4.78, 5) is 19.2. The van der Waals surface area contributed by atoms with Crippen LogP contribution in [-0.2, 0) is 6.54 Å². The number of rotatable bonds is 5. The van der Waals surface area contributed by atoms with Gasteiger partial charge in [-0.3, -0.25) is 4.79 Å². The van der Waals surface area contributed by atoms with Crippen molar-refractivity contribution in [3.8, 4) is 0 Å². The highest BCUT2D eigenvalue weighted by molar-refractivity contribution is 5.93. The smallest absolute Gasteiger partial charge is 0.271 e. The second kappa shape index (κ2) is 8.37. The van der Waals surface area contributed by atoms with Gasteiger partial charge in [0.1, 0.15) is 17.5 Å². The van der Waals surface area contributed by atoms with Crippen LogP contribution in [0.3, 0.4) is 0 Å². The SMILES string of the molecule is O=C(NCc1ccc(F)cc1)c1cnc2ccc(N3CCC[C@@H]3c3cccc(F)c3)nn12. The van der Waals surface area contributed by atoms with Gasteiger partial charge in [0.25, 0.3) is 5.91 Å². The van der Waals surface area contributed by atoms with Crippen LogP contribution < -0.4 is 10.2 Å². The molecule has 1 fully saturated rings. The maximum absolute atomic E-state index is 13.8. The number of carbonyl (C=O) groups is 1. The van der Waals surface area contributed by atoms with E-state index >= 15 is 0 Å². The van der Waals surface area contributed by atoms with E-state index in [4.69, 9.17) is 0 Å². The summed E-state index contributed by atoms with van der Waals surface area (Å²) in [7, 11) is 0. The lowest BCUT2D eigenvalue weighted by molar-refractivity contribution is 0.0944. The number of halogens is 2. The van der Waals surface area contributed by atoms with E-state index in [9.17, 15) is 13.6 Å². The van der Waals surface area contributed by atoms with E-state index in [1.165, 1.54) is 28.9 Å². The summed E-state index contributed by atoms with van der Waals surface area (Å²) in [6, 6.07) is 16.3. The lowest BCUT2D eigenvalue weighted by Gasteiger charge is -2.26. The molecule has 0 saturated carbocycles. The molecule has 1 N–H and O–H groups in total. The van der Waals surface area contributed by atoms with E-state index in [-0.39, 0.29) is 30.1 Å². The molecular weight excluding hydrogens is 412 g/mol. The fraction of sp³-hybridized carbons (Fsp3) is 0.208. The number of benzene rings is 2. The Kier molecular flexibility index (Phi) is 5.26. The quantitative estimate of drug-likeness (QED) is 0.510. The van der Waals surface area contributed by atoms with E-state index < -0.39 is 0 Å². The number of hydrogen-bond acceptors (Lipinski definition) is 4. The Morgan fingerprint density at radius 2 is 1.91 bits per heavy atom. The van der Waals surface area contributed by atoms with Gasteiger partial charge in [-0.1, -0.05) is 24.3 Å². The van der Waals surface area contributed by atoms with Crippen molar-refractivity contribution in [1.29, 1.82) is 0 Å². The minimum atomic E-state index is -0.324. The molecule has 1 atom stereocenters. The third-order valence-electron chi connectivity index (χ3n) is 5.73. The normalized spacial score (nSPS) is 15.9. The van der Waals surface area contributed by atoms with Crippen LogP contribution in [0.25, 0.3) is 5.65 Å². The number of carbonyl (C=O) groups excluding carboxylic acids is 1. The van der Waals surface area contributed by atoms with Gasteiger partial charge in [-0.05, 0) is 60.4 Å². The van der Waals surface area contributed by atoms with Crippen molar-refractivity contribution in [3.63, 3.8) is 0 Å². The molecule has 6 nitrogen and oxygen atoms in total. The number of aromatic nitrogens is 3. The monoisotopic (exact) mass is 433 g/mol. The molecule has 162 valence electrons. The van der Waals surface area contributed by atoms with Crippen LogP contribution in [0.15, 0.2) is 66.9 Å². The number of hydrogen-bond donors (Lipinski definition) is 1. The fourth-order valence-electron chi connectivity index (χ4n) is 4.15. The minimum Gasteiger partial charge on any atom is -0.348 e. The Balaban J connectivity index is 1.39. The van der Waals surface area contributed by atoms with Crippen LogP contribution in [0.2, 0.25) is 0 Å². The summed E-state index contributed by atoms with van der Waals surface area (Å²) in [5, 5.41) is 7.50. The zero-order valence-electron chi connectivity index (χ0n) is 17.2. The predicted octanol–water partition coefficient (Wildman–Crippen LogP) is 4.28. The lowest BCUT2D eigenvalue weighted by atomic mass is 10.0. The lowest BCUT2D eigenvalue weighted by Crippen LogP contribution is -2.26. The molecule has 0 aliphatic carbocycles. The van der Waals surface area contributed by atoms with Gasteiger partial charge < -0.3 is 10.2 Å². The van der Waals surface area contributed by atoms with Crippen LogP contribution in [-0.4, -0.2) is 27.0 Å². The molecule has 0 spiro atoms. The molecule has 2 aromatic carbocycles. The summed E-state index contributed by atoms with van der Waals surface area (Å²) in [6.07, 6.45) is 3.36. The molecule has 0 radical (unpaired) electrons. The summed E-state index contributed by atoms with van der Waals surface area (Å²) in [6.45, 7) is 1.06. The molecule has 2 aromatic heterocycles. The third-order valence-corrected chi connectivity index (χ3v) is 5.73. The largest absolute Gasteiger partial charge is 0.348 e. The Bertz CT molecular complexity index is 1270. The molecule has 32 heavy (non-hydrogen) atoms. The van der Waals surface area contributed by atoms with Gasteiger partial charge in [0, 0.05) is 13.1 Å². The number of nitrogens with one attached hydrogen (secondary N) is 1. The van der Waals surface area contributed by atoms with Gasteiger partial charge in [0.05, 0.1) is 12.2 Å². The standard InChI is InChI=1S/C24H21F2N5O/c25-18-8-6-16(7-9-18)14-28-24(32)21-15-27-22-10-11-23(29-31(21)22)30-12-2-5-20(30)17-3-1-4-19(26)13-17/h1,3-4,6-11,13,15,20H,2,5,12,14H2,(H,28,32)/t20-/m1/s1. The number of fused-ring (bicyclic) bond motifs is 1. The van der Waals surface area contributed by atoms with E-state index in [1.807, 2.05) is 18.2 Å². The average Bonchev–Trinajstić information content (AvgIpc) is 3.45. The highest BCUT2D eigenvalue weighted by Crippen LogP contribution is 2.35. The molecule has 0 unspecified atom stereocenters. The van der Waals surface area contributed by atoms with Crippen molar-refractivity contribution in [2.75, 3.05) is 11.4 Å². The highest BCUT2D eigenvalue weighted by atomic mass is 19.1. The van der Waals surface area contributed by atoms with Crippen molar-refractivity contribution in [2.45, 2.75) is 25.4 Å². The van der Waals surface area contributed by atoms with Crippen LogP contribution in [0, 0.1) is 11.6 Å². The van der Waals surface area contributed by atoms with Crippen molar-refractivity contribution < 1.29 is 13.6 Å². The maximum atomic E-state index is 13.8. The number of amides is 1. The Morgan fingerprint density at radius 3 is 2.72 bits per heavy atom. The van der Waals surface area contributed by atoms with Gasteiger partial charge in [-0.15, -0.1) is 5.10 Å². The van der Waals surface area contributed by atoms with Gasteiger partial charge in [-0.2, -0.15) is 0 Å². The van der Waals surface area contributed by atoms with Crippen LogP contribution in [0.5, 0.6) is 0 Å². The molecule has 1 aliphatic rings. The molecule has 8 heteroatoms. The fourth-order valence-corrected chi connectivity index (χ4v) is 4.15. The van der Waals surface area contributed by atoms with Gasteiger partial charge in [0.2, 0.25) is 0 Å². The van der Waals surface area contributed by atoms with Gasteiger partial charge in [-0.25, -0.2) is 18.3 Å². The zero-order valence-corrected chi connectivity index (χ0v) is 17.2. The average molecular weight is 433 g/mol. The zero-order chi connectivity index (χ0) is 22.1. The molecule has 0 bridgehead atoms. The third kappa shape index (κ3) is 3.91. The van der Waals surface area contributed by atoms with Crippen LogP contribution in [0.1, 0.15) is 40.5 Å². The molecule has 1 aliphatic heterocycles. The van der Waals surface area contributed by atoms with Crippen molar-refractivity contribution in [1.82, 2.24) is 19.9 Å². The van der Waals surface area contributed by atoms with Crippen LogP contribution in [0.4, 0.5) is 14.6 Å². The van der Waals surface area contributed by atoms with Crippen molar-refractivity contribution in [2.24, 2.45) is 0 Å². The molecule has 3 heterocycles. The van der Waals surface area contributed by atoms with E-state index in [0.717, 1.165) is 30.5 Å². The van der Waals surface area contributed by atoms with Gasteiger partial charge >= 0.3 is 0 Å².